The first-order chi connectivity index (χ1) is 24.9. The summed E-state index contributed by atoms with van der Waals surface area (Å²) < 4.78 is 49.9. The van der Waals surface area contributed by atoms with E-state index in [0.717, 1.165) is 5.69 Å². The number of benzene rings is 3. The van der Waals surface area contributed by atoms with E-state index >= 15 is 0 Å². The Balaban J connectivity index is 0.000000181. The van der Waals surface area contributed by atoms with Crippen LogP contribution in [0, 0.1) is 0 Å². The number of primary sulfonamides is 1. The molecule has 3 aromatic carbocycles. The van der Waals surface area contributed by atoms with Crippen molar-refractivity contribution in [3.63, 3.8) is 0 Å². The van der Waals surface area contributed by atoms with Gasteiger partial charge in [0.25, 0.3) is 19.1 Å². The first kappa shape index (κ1) is 41.9. The number of nitrogen functional groups attached to an aromatic ring is 1. The number of sulfonamides is 1. The summed E-state index contributed by atoms with van der Waals surface area (Å²) in [7, 11) is -2.56. The number of hydrogen-bond acceptors (Lipinski definition) is 11. The Hall–Kier alpha value is -4.88. The van der Waals surface area contributed by atoms with Gasteiger partial charge in [-0.05, 0) is 77.9 Å². The number of para-hydroxylation sites is 3. The third-order valence-corrected chi connectivity index (χ3v) is 9.48. The molecular weight excluding hydrogens is 756 g/mol. The highest BCUT2D eigenvalue weighted by Gasteiger charge is 2.28. The van der Waals surface area contributed by atoms with Crippen LogP contribution in [0.2, 0.25) is 0 Å². The molecule has 18 heteroatoms. The van der Waals surface area contributed by atoms with Gasteiger partial charge in [-0.2, -0.15) is 15.3 Å². The number of rotatable bonds is 8. The van der Waals surface area contributed by atoms with Gasteiger partial charge >= 0.3 is 0 Å². The zero-order valence-electron chi connectivity index (χ0n) is 30.4. The number of anilines is 1. The molecule has 0 bridgehead atoms. The predicted octanol–water partition coefficient (Wildman–Crippen LogP) is 4.46. The summed E-state index contributed by atoms with van der Waals surface area (Å²) in [6.45, 7) is 9.63. The molecular formula is C36H43ClN8O7S2. The standard InChI is InChI=1S/C12H13ClN2O3S.C12H15N3O3S.C12H15N3O/c2*1-12(2,16)10-8-11(19(13,17)18)14-15(10)9-6-4-3-5-7-9;1-12(2,16)10-8-11(13)14-15(10)9-6-4-3-5-7-9/h3-8,16H,1-2H3;3-8,16H,1-2H3,(H2,13,17,18);3-8,16H,1-2H3,(H2,13,14). The third-order valence-electron chi connectivity index (χ3n) is 7.53. The number of hydrogen-bond donors (Lipinski definition) is 5. The van der Waals surface area contributed by atoms with Crippen molar-refractivity contribution < 1.29 is 32.2 Å². The van der Waals surface area contributed by atoms with E-state index in [2.05, 4.69) is 15.3 Å². The molecule has 7 N–H and O–H groups in total. The normalized spacial score (nSPS) is 12.4. The largest absolute Gasteiger partial charge is 0.384 e. The fourth-order valence-corrected chi connectivity index (χ4v) is 6.11. The Bertz CT molecular complexity index is 2270. The van der Waals surface area contributed by atoms with Crippen LogP contribution >= 0.6 is 10.7 Å². The molecule has 0 aliphatic carbocycles. The molecule has 0 aliphatic heterocycles. The molecule has 54 heavy (non-hydrogen) atoms. The summed E-state index contributed by atoms with van der Waals surface area (Å²) in [4.78, 5) is 0. The molecule has 0 saturated heterocycles. The highest BCUT2D eigenvalue weighted by atomic mass is 35.7. The Kier molecular flexibility index (Phi) is 12.3. The van der Waals surface area contributed by atoms with Crippen molar-refractivity contribution in [1.29, 1.82) is 0 Å². The van der Waals surface area contributed by atoms with Crippen molar-refractivity contribution in [2.75, 3.05) is 5.73 Å². The van der Waals surface area contributed by atoms with Gasteiger partial charge in [-0.25, -0.2) is 36.0 Å². The van der Waals surface area contributed by atoms with Crippen molar-refractivity contribution in [3.05, 3.63) is 126 Å². The lowest BCUT2D eigenvalue weighted by atomic mass is 10.1. The maximum atomic E-state index is 11.4. The summed E-state index contributed by atoms with van der Waals surface area (Å²) in [6, 6.07) is 31.7. The van der Waals surface area contributed by atoms with Crippen LogP contribution in [0.25, 0.3) is 17.1 Å². The van der Waals surface area contributed by atoms with Crippen LogP contribution in [0.1, 0.15) is 58.6 Å². The Morgan fingerprint density at radius 3 is 1.15 bits per heavy atom. The lowest BCUT2D eigenvalue weighted by Gasteiger charge is -2.18. The van der Waals surface area contributed by atoms with Gasteiger partial charge in [0.1, 0.15) is 22.6 Å². The van der Waals surface area contributed by atoms with Gasteiger partial charge in [-0.3, -0.25) is 0 Å². The molecule has 0 atom stereocenters. The van der Waals surface area contributed by atoms with Crippen molar-refractivity contribution in [3.8, 4) is 17.1 Å². The fourth-order valence-electron chi connectivity index (χ4n) is 4.98. The van der Waals surface area contributed by atoms with Crippen molar-refractivity contribution >= 4 is 35.6 Å². The molecule has 0 aliphatic rings. The van der Waals surface area contributed by atoms with E-state index in [4.69, 9.17) is 21.6 Å². The molecule has 0 fully saturated rings. The van der Waals surface area contributed by atoms with Gasteiger partial charge in [0.15, 0.2) is 10.1 Å². The highest BCUT2D eigenvalue weighted by Crippen LogP contribution is 2.28. The minimum atomic E-state index is -3.94. The lowest BCUT2D eigenvalue weighted by Crippen LogP contribution is -2.20. The molecule has 0 amide bonds. The Morgan fingerprint density at radius 2 is 0.833 bits per heavy atom. The second kappa shape index (κ2) is 15.8. The number of aliphatic hydroxyl groups is 3. The van der Waals surface area contributed by atoms with Gasteiger partial charge in [-0.15, -0.1) is 0 Å². The summed E-state index contributed by atoms with van der Waals surface area (Å²) in [5.41, 5.74) is 5.76. The smallest absolute Gasteiger partial charge is 0.280 e. The van der Waals surface area contributed by atoms with Crippen LogP contribution in [0.3, 0.4) is 0 Å². The summed E-state index contributed by atoms with van der Waals surface area (Å²) in [5.74, 6) is 0.404. The number of nitrogens with two attached hydrogens (primary N) is 2. The van der Waals surface area contributed by atoms with Crippen LogP contribution < -0.4 is 10.9 Å². The second-order valence-electron chi connectivity index (χ2n) is 13.6. The van der Waals surface area contributed by atoms with E-state index in [0.29, 0.717) is 34.3 Å². The molecule has 15 nitrogen and oxygen atoms in total. The van der Waals surface area contributed by atoms with Gasteiger partial charge in [0.05, 0.1) is 34.1 Å². The monoisotopic (exact) mass is 798 g/mol. The van der Waals surface area contributed by atoms with Crippen molar-refractivity contribution in [2.24, 2.45) is 5.14 Å². The molecule has 288 valence electrons. The molecule has 0 unspecified atom stereocenters. The zero-order valence-corrected chi connectivity index (χ0v) is 32.8. The van der Waals surface area contributed by atoms with E-state index in [9.17, 15) is 32.2 Å². The molecule has 3 aromatic heterocycles. The molecule has 6 aromatic rings. The minimum absolute atomic E-state index is 0.270. The van der Waals surface area contributed by atoms with E-state index < -0.39 is 35.9 Å². The summed E-state index contributed by atoms with van der Waals surface area (Å²) in [5, 5.41) is 46.9. The molecule has 6 rings (SSSR count). The maximum Gasteiger partial charge on any atom is 0.280 e. The van der Waals surface area contributed by atoms with E-state index in [-0.39, 0.29) is 10.1 Å². The topological polar surface area (TPSA) is 234 Å². The van der Waals surface area contributed by atoms with Crippen molar-refractivity contribution in [1.82, 2.24) is 29.3 Å². The van der Waals surface area contributed by atoms with Crippen LogP contribution in [0.4, 0.5) is 5.82 Å². The van der Waals surface area contributed by atoms with Crippen LogP contribution in [0.15, 0.2) is 119 Å². The van der Waals surface area contributed by atoms with E-state index in [1.807, 2.05) is 42.5 Å². The molecule has 0 radical (unpaired) electrons. The Morgan fingerprint density at radius 1 is 0.537 bits per heavy atom. The average Bonchev–Trinajstić information content (AvgIpc) is 3.83. The van der Waals surface area contributed by atoms with Gasteiger partial charge < -0.3 is 21.1 Å². The first-order valence-electron chi connectivity index (χ1n) is 16.3. The van der Waals surface area contributed by atoms with Gasteiger partial charge in [0.2, 0.25) is 0 Å². The van der Waals surface area contributed by atoms with Crippen LogP contribution in [0.5, 0.6) is 0 Å². The van der Waals surface area contributed by atoms with Crippen molar-refractivity contribution in [2.45, 2.75) is 68.4 Å². The summed E-state index contributed by atoms with van der Waals surface area (Å²) in [6.07, 6.45) is 0. The predicted molar refractivity (Wildman–Crippen MR) is 205 cm³/mol. The average molecular weight is 799 g/mol. The number of aromatic nitrogens is 6. The number of nitrogens with zero attached hydrogens (tertiary/aromatic N) is 6. The summed E-state index contributed by atoms with van der Waals surface area (Å²) >= 11 is 0. The Labute approximate surface area is 318 Å². The molecule has 3 heterocycles. The van der Waals surface area contributed by atoms with Crippen LogP contribution in [-0.4, -0.2) is 61.5 Å². The van der Waals surface area contributed by atoms with Crippen LogP contribution in [-0.2, 0) is 35.9 Å². The van der Waals surface area contributed by atoms with E-state index in [1.54, 1.807) is 101 Å². The highest BCUT2D eigenvalue weighted by molar-refractivity contribution is 8.13. The van der Waals surface area contributed by atoms with E-state index in [1.165, 1.54) is 21.5 Å². The second-order valence-corrected chi connectivity index (χ2v) is 17.6. The lowest BCUT2D eigenvalue weighted by molar-refractivity contribution is 0.0706. The van der Waals surface area contributed by atoms with Gasteiger partial charge in [0, 0.05) is 28.9 Å². The quantitative estimate of drug-likeness (QED) is 0.135. The molecule has 0 spiro atoms. The SMILES string of the molecule is CC(C)(O)c1cc(N)nn1-c1ccccc1.CC(C)(O)c1cc(S(=O)(=O)Cl)nn1-c1ccccc1.CC(C)(O)c1cc(S(N)(=O)=O)nn1-c1ccccc1. The maximum absolute atomic E-state index is 11.4. The van der Waals surface area contributed by atoms with Gasteiger partial charge in [-0.1, -0.05) is 54.6 Å². The molecule has 0 saturated carbocycles. The first-order valence-corrected chi connectivity index (χ1v) is 20.1. The minimum Gasteiger partial charge on any atom is -0.384 e. The third kappa shape index (κ3) is 10.6. The fraction of sp³-hybridized carbons (Fsp3) is 0.250. The number of halogens is 1. The zero-order chi connectivity index (χ0) is 40.3.